The summed E-state index contributed by atoms with van der Waals surface area (Å²) in [6.07, 6.45) is 0. The van der Waals surface area contributed by atoms with Crippen molar-refractivity contribution in [2.45, 2.75) is 20.4 Å². The van der Waals surface area contributed by atoms with Gasteiger partial charge in [-0.1, -0.05) is 60.1 Å². The number of hydrogen-bond acceptors (Lipinski definition) is 2. The molecule has 0 bridgehead atoms. The van der Waals surface area contributed by atoms with E-state index in [1.165, 1.54) is 0 Å². The van der Waals surface area contributed by atoms with Gasteiger partial charge in [-0.05, 0) is 30.8 Å². The molecule has 0 heterocycles. The van der Waals surface area contributed by atoms with E-state index in [2.05, 4.69) is 34.7 Å². The molecule has 2 aromatic carbocycles. The van der Waals surface area contributed by atoms with Gasteiger partial charge in [-0.25, -0.2) is 0 Å². The molecule has 2 nitrogen and oxygen atoms in total. The summed E-state index contributed by atoms with van der Waals surface area (Å²) in [6.45, 7) is 6.98. The average Bonchev–Trinajstić information content (AvgIpc) is 2.48. The van der Waals surface area contributed by atoms with Crippen molar-refractivity contribution < 1.29 is 5.11 Å². The molecule has 1 N–H and O–H groups in total. The van der Waals surface area contributed by atoms with Crippen LogP contribution in [0.25, 0.3) is 11.1 Å². The lowest BCUT2D eigenvalue weighted by molar-refractivity contribution is 0.291. The maximum absolute atomic E-state index is 10.6. The predicted octanol–water partition coefficient (Wildman–Crippen LogP) is 4.66. The standard InChI is InChI=1S/C17H20BrNO/c1-3-19(4-2)12-14-10-15(18)11-16(17(14)20)13-8-6-5-7-9-13/h5-11,20H,3-4,12H2,1-2H3. The lowest BCUT2D eigenvalue weighted by Gasteiger charge is -2.20. The van der Waals surface area contributed by atoms with Crippen molar-refractivity contribution in [3.05, 3.63) is 52.5 Å². The zero-order chi connectivity index (χ0) is 14.5. The normalized spacial score (nSPS) is 11.0. The fourth-order valence-corrected chi connectivity index (χ4v) is 2.81. The molecule has 0 aliphatic carbocycles. The van der Waals surface area contributed by atoms with Gasteiger partial charge in [-0.3, -0.25) is 4.90 Å². The van der Waals surface area contributed by atoms with Gasteiger partial charge in [-0.2, -0.15) is 0 Å². The topological polar surface area (TPSA) is 23.5 Å². The number of rotatable bonds is 5. The molecule has 0 aliphatic rings. The Hall–Kier alpha value is -1.32. The number of aromatic hydroxyl groups is 1. The Balaban J connectivity index is 2.42. The van der Waals surface area contributed by atoms with Gasteiger partial charge >= 0.3 is 0 Å². The highest BCUT2D eigenvalue weighted by atomic mass is 79.9. The van der Waals surface area contributed by atoms with Crippen LogP contribution in [0.3, 0.4) is 0 Å². The summed E-state index contributed by atoms with van der Waals surface area (Å²) < 4.78 is 0.997. The molecule has 0 unspecified atom stereocenters. The van der Waals surface area contributed by atoms with Gasteiger partial charge in [0.25, 0.3) is 0 Å². The summed E-state index contributed by atoms with van der Waals surface area (Å²) in [4.78, 5) is 2.29. The molecule has 0 saturated carbocycles. The molecular weight excluding hydrogens is 314 g/mol. The van der Waals surface area contributed by atoms with Gasteiger partial charge in [0.05, 0.1) is 0 Å². The Bertz CT molecular complexity index is 565. The van der Waals surface area contributed by atoms with Crippen molar-refractivity contribution in [3.63, 3.8) is 0 Å². The third-order valence-electron chi connectivity index (χ3n) is 3.53. The summed E-state index contributed by atoms with van der Waals surface area (Å²) in [5, 5.41) is 10.6. The first-order chi connectivity index (χ1) is 9.65. The molecule has 0 radical (unpaired) electrons. The van der Waals surface area contributed by atoms with Crippen LogP contribution in [-0.4, -0.2) is 23.1 Å². The Labute approximate surface area is 129 Å². The molecule has 2 rings (SSSR count). The van der Waals surface area contributed by atoms with E-state index in [1.54, 1.807) is 0 Å². The third kappa shape index (κ3) is 3.41. The van der Waals surface area contributed by atoms with Crippen molar-refractivity contribution >= 4 is 15.9 Å². The second-order valence-corrected chi connectivity index (χ2v) is 5.70. The highest BCUT2D eigenvalue weighted by Crippen LogP contribution is 2.35. The summed E-state index contributed by atoms with van der Waals surface area (Å²) >= 11 is 3.55. The number of phenolic OH excluding ortho intramolecular Hbond substituents is 1. The zero-order valence-corrected chi connectivity index (χ0v) is 13.5. The van der Waals surface area contributed by atoms with Crippen molar-refractivity contribution in [1.29, 1.82) is 0 Å². The molecule has 0 aromatic heterocycles. The largest absolute Gasteiger partial charge is 0.507 e. The van der Waals surface area contributed by atoms with E-state index in [4.69, 9.17) is 0 Å². The van der Waals surface area contributed by atoms with Crippen molar-refractivity contribution in [2.75, 3.05) is 13.1 Å². The highest BCUT2D eigenvalue weighted by molar-refractivity contribution is 9.10. The number of benzene rings is 2. The third-order valence-corrected chi connectivity index (χ3v) is 3.98. The Morgan fingerprint density at radius 2 is 1.70 bits per heavy atom. The maximum Gasteiger partial charge on any atom is 0.127 e. The Morgan fingerprint density at radius 1 is 1.05 bits per heavy atom. The molecule has 0 saturated heterocycles. The minimum absolute atomic E-state index is 0.381. The molecular formula is C17H20BrNO. The van der Waals surface area contributed by atoms with E-state index in [0.29, 0.717) is 5.75 Å². The van der Waals surface area contributed by atoms with Gasteiger partial charge in [-0.15, -0.1) is 0 Å². The van der Waals surface area contributed by atoms with Crippen LogP contribution in [0.2, 0.25) is 0 Å². The predicted molar refractivity (Wildman–Crippen MR) is 87.9 cm³/mol. The molecule has 0 fully saturated rings. The fraction of sp³-hybridized carbons (Fsp3) is 0.294. The van der Waals surface area contributed by atoms with Gasteiger partial charge < -0.3 is 5.11 Å². The SMILES string of the molecule is CCN(CC)Cc1cc(Br)cc(-c2ccccc2)c1O. The zero-order valence-electron chi connectivity index (χ0n) is 11.9. The molecule has 20 heavy (non-hydrogen) atoms. The smallest absolute Gasteiger partial charge is 0.127 e. The van der Waals surface area contributed by atoms with E-state index < -0.39 is 0 Å². The first kappa shape index (κ1) is 15.1. The van der Waals surface area contributed by atoms with Crippen molar-refractivity contribution in [1.82, 2.24) is 4.90 Å². The van der Waals surface area contributed by atoms with Crippen molar-refractivity contribution in [3.8, 4) is 16.9 Å². The lowest BCUT2D eigenvalue weighted by atomic mass is 10.0. The minimum atomic E-state index is 0.381. The van der Waals surface area contributed by atoms with Gasteiger partial charge in [0.2, 0.25) is 0 Å². The van der Waals surface area contributed by atoms with Crippen LogP contribution in [-0.2, 0) is 6.54 Å². The lowest BCUT2D eigenvalue weighted by Crippen LogP contribution is -2.22. The van der Waals surface area contributed by atoms with Gasteiger partial charge in [0.15, 0.2) is 0 Å². The molecule has 3 heteroatoms. The number of hydrogen-bond donors (Lipinski definition) is 1. The number of nitrogens with zero attached hydrogens (tertiary/aromatic N) is 1. The van der Waals surface area contributed by atoms with Gasteiger partial charge in [0, 0.05) is 22.1 Å². The first-order valence-electron chi connectivity index (χ1n) is 6.94. The summed E-state index contributed by atoms with van der Waals surface area (Å²) in [5.41, 5.74) is 2.87. The van der Waals surface area contributed by atoms with Crippen LogP contribution in [0, 0.1) is 0 Å². The second-order valence-electron chi connectivity index (χ2n) is 4.79. The summed E-state index contributed by atoms with van der Waals surface area (Å²) in [7, 11) is 0. The van der Waals surface area contributed by atoms with E-state index >= 15 is 0 Å². The summed E-state index contributed by atoms with van der Waals surface area (Å²) in [5.74, 6) is 0.381. The highest BCUT2D eigenvalue weighted by Gasteiger charge is 2.13. The van der Waals surface area contributed by atoms with E-state index in [9.17, 15) is 5.11 Å². The molecule has 2 aromatic rings. The quantitative estimate of drug-likeness (QED) is 0.859. The molecule has 0 atom stereocenters. The fourth-order valence-electron chi connectivity index (χ4n) is 2.30. The van der Waals surface area contributed by atoms with Crippen LogP contribution >= 0.6 is 15.9 Å². The molecule has 0 spiro atoms. The molecule has 0 aliphatic heterocycles. The monoisotopic (exact) mass is 333 g/mol. The molecule has 0 amide bonds. The van der Waals surface area contributed by atoms with E-state index in [-0.39, 0.29) is 0 Å². The first-order valence-corrected chi connectivity index (χ1v) is 7.74. The van der Waals surface area contributed by atoms with Crippen LogP contribution in [0.4, 0.5) is 0 Å². The van der Waals surface area contributed by atoms with E-state index in [0.717, 1.165) is 40.8 Å². The Morgan fingerprint density at radius 3 is 2.30 bits per heavy atom. The van der Waals surface area contributed by atoms with Crippen LogP contribution in [0.1, 0.15) is 19.4 Å². The average molecular weight is 334 g/mol. The molecule has 106 valence electrons. The second kappa shape index (κ2) is 6.91. The van der Waals surface area contributed by atoms with Crippen LogP contribution in [0.5, 0.6) is 5.75 Å². The van der Waals surface area contributed by atoms with Gasteiger partial charge in [0.1, 0.15) is 5.75 Å². The maximum atomic E-state index is 10.6. The van der Waals surface area contributed by atoms with Crippen LogP contribution < -0.4 is 0 Å². The summed E-state index contributed by atoms with van der Waals surface area (Å²) in [6, 6.07) is 14.0. The Kier molecular flexibility index (Phi) is 5.21. The van der Waals surface area contributed by atoms with Crippen LogP contribution in [0.15, 0.2) is 46.9 Å². The van der Waals surface area contributed by atoms with E-state index in [1.807, 2.05) is 42.5 Å². The van der Waals surface area contributed by atoms with Crippen molar-refractivity contribution in [2.24, 2.45) is 0 Å². The minimum Gasteiger partial charge on any atom is -0.507 e. The number of halogens is 1. The number of phenols is 1.